The van der Waals surface area contributed by atoms with Gasteiger partial charge in [0, 0.05) is 22.3 Å². The van der Waals surface area contributed by atoms with Crippen LogP contribution in [-0.4, -0.2) is 5.78 Å². The molecule has 0 bridgehead atoms. The van der Waals surface area contributed by atoms with E-state index in [0.29, 0.717) is 10.8 Å². The van der Waals surface area contributed by atoms with E-state index in [1.807, 2.05) is 24.3 Å². The maximum absolute atomic E-state index is 15.3. The third kappa shape index (κ3) is 1.89. The van der Waals surface area contributed by atoms with Crippen LogP contribution in [-0.2, 0) is 5.92 Å². The van der Waals surface area contributed by atoms with E-state index < -0.39 is 5.92 Å². The molecule has 0 N–H and O–H groups in total. The van der Waals surface area contributed by atoms with Crippen LogP contribution < -0.4 is 0 Å². The van der Waals surface area contributed by atoms with Crippen molar-refractivity contribution in [2.75, 3.05) is 0 Å². The van der Waals surface area contributed by atoms with Crippen LogP contribution in [0, 0.1) is 0 Å². The standard InChI is InChI=1S/C22H12F2O/c23-22(24)19-11-15-7-3-1-5-13(15)9-17(19)21(25)18-10-14-6-2-4-8-16(14)12-20(18)22/h1-12H. The zero-order chi connectivity index (χ0) is 17.2. The summed E-state index contributed by atoms with van der Waals surface area (Å²) in [5.74, 6) is -3.54. The fourth-order valence-electron chi connectivity index (χ4n) is 3.67. The van der Waals surface area contributed by atoms with Crippen molar-refractivity contribution >= 4 is 27.3 Å². The molecule has 0 atom stereocenters. The fraction of sp³-hybridized carbons (Fsp3) is 0.0455. The van der Waals surface area contributed by atoms with Crippen LogP contribution in [0.4, 0.5) is 8.78 Å². The third-order valence-corrected chi connectivity index (χ3v) is 4.94. The van der Waals surface area contributed by atoms with E-state index >= 15 is 8.78 Å². The highest BCUT2D eigenvalue weighted by atomic mass is 19.3. The van der Waals surface area contributed by atoms with Crippen LogP contribution in [0.5, 0.6) is 0 Å². The van der Waals surface area contributed by atoms with Gasteiger partial charge in [-0.1, -0.05) is 48.5 Å². The van der Waals surface area contributed by atoms with E-state index in [4.69, 9.17) is 0 Å². The summed E-state index contributed by atoms with van der Waals surface area (Å²) in [5.41, 5.74) is -0.240. The van der Waals surface area contributed by atoms with Crippen LogP contribution >= 0.6 is 0 Å². The Morgan fingerprint density at radius 2 is 0.960 bits per heavy atom. The SMILES string of the molecule is O=C1c2cc3ccccc3cc2C(F)(F)c2cc3ccccc3cc21. The molecule has 1 aliphatic rings. The van der Waals surface area contributed by atoms with Crippen molar-refractivity contribution in [1.82, 2.24) is 0 Å². The average molecular weight is 330 g/mol. The van der Waals surface area contributed by atoms with E-state index in [9.17, 15) is 4.79 Å². The Balaban J connectivity index is 1.88. The molecule has 3 heteroatoms. The first-order valence-corrected chi connectivity index (χ1v) is 8.05. The molecule has 5 rings (SSSR count). The van der Waals surface area contributed by atoms with Crippen molar-refractivity contribution in [2.45, 2.75) is 5.92 Å². The molecule has 0 aliphatic heterocycles. The van der Waals surface area contributed by atoms with Crippen LogP contribution in [0.3, 0.4) is 0 Å². The number of benzene rings is 4. The molecule has 0 heterocycles. The normalized spacial score (nSPS) is 15.2. The lowest BCUT2D eigenvalue weighted by Crippen LogP contribution is -2.28. The van der Waals surface area contributed by atoms with Crippen molar-refractivity contribution in [3.8, 4) is 0 Å². The summed E-state index contributed by atoms with van der Waals surface area (Å²) in [4.78, 5) is 12.9. The number of rotatable bonds is 0. The molecular weight excluding hydrogens is 318 g/mol. The minimum absolute atomic E-state index is 0.0893. The second kappa shape index (κ2) is 4.73. The minimum atomic E-state index is -3.20. The first-order chi connectivity index (χ1) is 12.1. The molecule has 0 saturated carbocycles. The van der Waals surface area contributed by atoms with Crippen molar-refractivity contribution < 1.29 is 13.6 Å². The topological polar surface area (TPSA) is 17.1 Å². The first kappa shape index (κ1) is 14.3. The maximum Gasteiger partial charge on any atom is 0.299 e. The van der Waals surface area contributed by atoms with E-state index in [-0.39, 0.29) is 28.0 Å². The quantitative estimate of drug-likeness (QED) is 0.405. The lowest BCUT2D eigenvalue weighted by molar-refractivity contribution is 0.0380. The number of carbonyl (C=O) groups excluding carboxylic acids is 1. The number of alkyl halides is 2. The van der Waals surface area contributed by atoms with Gasteiger partial charge in [0.2, 0.25) is 0 Å². The van der Waals surface area contributed by atoms with Crippen molar-refractivity contribution in [1.29, 1.82) is 0 Å². The second-order valence-electron chi connectivity index (χ2n) is 6.39. The van der Waals surface area contributed by atoms with Gasteiger partial charge in [-0.05, 0) is 45.8 Å². The first-order valence-electron chi connectivity index (χ1n) is 8.05. The van der Waals surface area contributed by atoms with E-state index in [0.717, 1.165) is 10.8 Å². The van der Waals surface area contributed by atoms with E-state index in [1.54, 1.807) is 36.4 Å². The highest BCUT2D eigenvalue weighted by molar-refractivity contribution is 6.16. The molecule has 1 nitrogen and oxygen atoms in total. The Hall–Kier alpha value is -3.07. The van der Waals surface area contributed by atoms with Gasteiger partial charge in [-0.15, -0.1) is 0 Å². The summed E-state index contributed by atoms with van der Waals surface area (Å²) in [5, 5.41) is 2.99. The molecule has 120 valence electrons. The highest BCUT2D eigenvalue weighted by Crippen LogP contribution is 2.46. The van der Waals surface area contributed by atoms with Crippen LogP contribution in [0.15, 0.2) is 72.8 Å². The summed E-state index contributed by atoms with van der Waals surface area (Å²) in [6.07, 6.45) is 0. The molecule has 4 aromatic carbocycles. The molecule has 25 heavy (non-hydrogen) atoms. The van der Waals surface area contributed by atoms with Crippen LogP contribution in [0.1, 0.15) is 27.0 Å². The molecule has 4 aromatic rings. The summed E-state index contributed by atoms with van der Waals surface area (Å²) < 4.78 is 30.5. The number of ketones is 1. The monoisotopic (exact) mass is 330 g/mol. The number of fused-ring (bicyclic) bond motifs is 4. The fourth-order valence-corrected chi connectivity index (χ4v) is 3.67. The lowest BCUT2D eigenvalue weighted by atomic mass is 9.80. The number of carbonyl (C=O) groups is 1. The van der Waals surface area contributed by atoms with Gasteiger partial charge in [0.25, 0.3) is 5.92 Å². The lowest BCUT2D eigenvalue weighted by Gasteiger charge is -2.28. The van der Waals surface area contributed by atoms with Gasteiger partial charge in [-0.3, -0.25) is 4.79 Å². The number of hydrogen-bond donors (Lipinski definition) is 0. The molecule has 0 spiro atoms. The van der Waals surface area contributed by atoms with Gasteiger partial charge >= 0.3 is 0 Å². The van der Waals surface area contributed by atoms with Crippen molar-refractivity contribution in [3.63, 3.8) is 0 Å². The molecule has 0 amide bonds. The second-order valence-corrected chi connectivity index (χ2v) is 6.39. The van der Waals surface area contributed by atoms with Crippen LogP contribution in [0.2, 0.25) is 0 Å². The Kier molecular flexibility index (Phi) is 2.70. The van der Waals surface area contributed by atoms with Crippen molar-refractivity contribution in [3.05, 3.63) is 95.1 Å². The van der Waals surface area contributed by atoms with E-state index in [2.05, 4.69) is 0 Å². The predicted octanol–water partition coefficient (Wildman–Crippen LogP) is 5.68. The zero-order valence-electron chi connectivity index (χ0n) is 13.1. The summed E-state index contributed by atoms with van der Waals surface area (Å²) in [6.45, 7) is 0. The van der Waals surface area contributed by atoms with Gasteiger partial charge in [0.05, 0.1) is 0 Å². The average Bonchev–Trinajstić information content (AvgIpc) is 2.64. The van der Waals surface area contributed by atoms with Gasteiger partial charge in [-0.2, -0.15) is 8.78 Å². The Morgan fingerprint density at radius 3 is 1.36 bits per heavy atom. The Labute approximate surface area is 142 Å². The molecule has 0 radical (unpaired) electrons. The highest BCUT2D eigenvalue weighted by Gasteiger charge is 2.45. The van der Waals surface area contributed by atoms with Crippen molar-refractivity contribution in [2.24, 2.45) is 0 Å². The maximum atomic E-state index is 15.3. The summed E-state index contributed by atoms with van der Waals surface area (Å²) in [6, 6.07) is 20.6. The summed E-state index contributed by atoms with van der Waals surface area (Å²) in [7, 11) is 0. The van der Waals surface area contributed by atoms with E-state index in [1.165, 1.54) is 12.1 Å². The molecular formula is C22H12F2O. The Bertz CT molecular complexity index is 1100. The third-order valence-electron chi connectivity index (χ3n) is 4.94. The number of halogens is 2. The van der Waals surface area contributed by atoms with Gasteiger partial charge in [0.15, 0.2) is 5.78 Å². The van der Waals surface area contributed by atoms with Crippen LogP contribution in [0.25, 0.3) is 21.5 Å². The largest absolute Gasteiger partial charge is 0.299 e. The van der Waals surface area contributed by atoms with Gasteiger partial charge in [-0.25, -0.2) is 0 Å². The molecule has 0 saturated heterocycles. The minimum Gasteiger partial charge on any atom is -0.289 e. The predicted molar refractivity (Wildman–Crippen MR) is 94.3 cm³/mol. The smallest absolute Gasteiger partial charge is 0.289 e. The molecule has 1 aliphatic carbocycles. The zero-order valence-corrected chi connectivity index (χ0v) is 13.1. The summed E-state index contributed by atoms with van der Waals surface area (Å²) >= 11 is 0. The molecule has 0 fully saturated rings. The molecule has 0 unspecified atom stereocenters. The van der Waals surface area contributed by atoms with Gasteiger partial charge < -0.3 is 0 Å². The van der Waals surface area contributed by atoms with Gasteiger partial charge in [0.1, 0.15) is 0 Å². The Morgan fingerprint density at radius 1 is 0.600 bits per heavy atom. The number of hydrogen-bond acceptors (Lipinski definition) is 1. The molecule has 0 aromatic heterocycles.